The maximum atomic E-state index is 10.8. The number of rotatable bonds is 4. The van der Waals surface area contributed by atoms with E-state index in [0.717, 1.165) is 29.9 Å². The van der Waals surface area contributed by atoms with Crippen LogP contribution in [0.25, 0.3) is 5.69 Å². The molecule has 5 heteroatoms. The van der Waals surface area contributed by atoms with Crippen LogP contribution >= 0.6 is 11.3 Å². The number of hydrogen-bond donors (Lipinski definition) is 1. The molecule has 0 saturated heterocycles. The number of thiophene rings is 1. The van der Waals surface area contributed by atoms with Gasteiger partial charge in [0.05, 0.1) is 11.4 Å². The van der Waals surface area contributed by atoms with E-state index in [1.54, 1.807) is 6.07 Å². The van der Waals surface area contributed by atoms with E-state index in [0.29, 0.717) is 4.88 Å². The van der Waals surface area contributed by atoms with Gasteiger partial charge in [-0.2, -0.15) is 5.10 Å². The predicted octanol–water partition coefficient (Wildman–Crippen LogP) is 2.76. The summed E-state index contributed by atoms with van der Waals surface area (Å²) in [5, 5.41) is 15.2. The Morgan fingerprint density at radius 3 is 2.71 bits per heavy atom. The van der Waals surface area contributed by atoms with Crippen LogP contribution in [0.2, 0.25) is 0 Å². The van der Waals surface area contributed by atoms with Crippen LogP contribution in [0.1, 0.15) is 34.9 Å². The summed E-state index contributed by atoms with van der Waals surface area (Å²) in [7, 11) is 0. The zero-order valence-corrected chi connectivity index (χ0v) is 10.6. The molecule has 2 heterocycles. The smallest absolute Gasteiger partial charge is 0.345 e. The molecular formula is C12H14N2O2S. The van der Waals surface area contributed by atoms with Gasteiger partial charge in [-0.1, -0.05) is 13.8 Å². The van der Waals surface area contributed by atoms with Gasteiger partial charge in [-0.25, -0.2) is 9.48 Å². The second-order valence-electron chi connectivity index (χ2n) is 3.72. The minimum Gasteiger partial charge on any atom is -0.477 e. The summed E-state index contributed by atoms with van der Waals surface area (Å²) in [6.45, 7) is 4.12. The standard InChI is InChI=1S/C12H14N2O2S/c1-3-8-5-9(4-2)14(13-8)10-6-11(12(15)16)17-7-10/h5-7H,3-4H2,1-2H3,(H,15,16). The lowest BCUT2D eigenvalue weighted by molar-refractivity contribution is 0.0702. The Bertz CT molecular complexity index is 542. The van der Waals surface area contributed by atoms with Gasteiger partial charge in [0.2, 0.25) is 0 Å². The molecule has 0 unspecified atom stereocenters. The van der Waals surface area contributed by atoms with Crippen LogP contribution in [0.15, 0.2) is 17.5 Å². The van der Waals surface area contributed by atoms with Gasteiger partial charge in [-0.05, 0) is 25.0 Å². The topological polar surface area (TPSA) is 55.1 Å². The van der Waals surface area contributed by atoms with Gasteiger partial charge in [0.1, 0.15) is 4.88 Å². The molecule has 0 saturated carbocycles. The minimum absolute atomic E-state index is 0.343. The number of aryl methyl sites for hydroxylation is 2. The Labute approximate surface area is 104 Å². The predicted molar refractivity (Wildman–Crippen MR) is 67.2 cm³/mol. The highest BCUT2D eigenvalue weighted by Gasteiger charge is 2.12. The molecule has 0 aliphatic rings. The zero-order valence-electron chi connectivity index (χ0n) is 9.80. The van der Waals surface area contributed by atoms with E-state index in [-0.39, 0.29) is 0 Å². The summed E-state index contributed by atoms with van der Waals surface area (Å²) in [6, 6.07) is 3.73. The highest BCUT2D eigenvalue weighted by atomic mass is 32.1. The molecular weight excluding hydrogens is 236 g/mol. The first-order valence-corrected chi connectivity index (χ1v) is 6.43. The minimum atomic E-state index is -0.887. The van der Waals surface area contributed by atoms with Crippen molar-refractivity contribution in [3.05, 3.63) is 33.8 Å². The summed E-state index contributed by atoms with van der Waals surface area (Å²) in [5.41, 5.74) is 2.98. The molecule has 0 aliphatic carbocycles. The van der Waals surface area contributed by atoms with Crippen LogP contribution in [0, 0.1) is 0 Å². The van der Waals surface area contributed by atoms with Gasteiger partial charge in [-0.3, -0.25) is 0 Å². The van der Waals surface area contributed by atoms with Gasteiger partial charge in [0, 0.05) is 11.1 Å². The summed E-state index contributed by atoms with van der Waals surface area (Å²) in [5.74, 6) is -0.887. The fourth-order valence-corrected chi connectivity index (χ4v) is 2.38. The van der Waals surface area contributed by atoms with E-state index in [1.165, 1.54) is 11.3 Å². The summed E-state index contributed by atoms with van der Waals surface area (Å²) >= 11 is 1.23. The average molecular weight is 250 g/mol. The molecule has 2 aromatic heterocycles. The first-order valence-electron chi connectivity index (χ1n) is 5.55. The Morgan fingerprint density at radius 1 is 1.41 bits per heavy atom. The molecule has 90 valence electrons. The fraction of sp³-hybridized carbons (Fsp3) is 0.333. The van der Waals surface area contributed by atoms with Crippen LogP contribution in [-0.4, -0.2) is 20.9 Å². The second kappa shape index (κ2) is 4.71. The van der Waals surface area contributed by atoms with Crippen molar-refractivity contribution >= 4 is 17.3 Å². The SMILES string of the molecule is CCc1cc(CC)n(-c2csc(C(=O)O)c2)n1. The molecule has 0 aliphatic heterocycles. The van der Waals surface area contributed by atoms with Crippen molar-refractivity contribution in [1.29, 1.82) is 0 Å². The Balaban J connectivity index is 2.43. The van der Waals surface area contributed by atoms with Gasteiger partial charge in [0.25, 0.3) is 0 Å². The average Bonchev–Trinajstić information content (AvgIpc) is 2.94. The van der Waals surface area contributed by atoms with Crippen molar-refractivity contribution in [3.8, 4) is 5.69 Å². The number of carboxylic acid groups (broad SMARTS) is 1. The molecule has 0 amide bonds. The third-order valence-corrected chi connectivity index (χ3v) is 3.50. The van der Waals surface area contributed by atoms with Crippen LogP contribution in [0.3, 0.4) is 0 Å². The van der Waals surface area contributed by atoms with Crippen molar-refractivity contribution < 1.29 is 9.90 Å². The molecule has 2 rings (SSSR count). The largest absolute Gasteiger partial charge is 0.477 e. The number of hydrogen-bond acceptors (Lipinski definition) is 3. The molecule has 0 atom stereocenters. The molecule has 0 bridgehead atoms. The quantitative estimate of drug-likeness (QED) is 0.907. The number of aromatic nitrogens is 2. The number of carboxylic acids is 1. The normalized spacial score (nSPS) is 10.7. The van der Waals surface area contributed by atoms with Gasteiger partial charge < -0.3 is 5.11 Å². The van der Waals surface area contributed by atoms with Gasteiger partial charge in [-0.15, -0.1) is 11.3 Å². The first-order chi connectivity index (χ1) is 8.15. The van der Waals surface area contributed by atoms with Crippen molar-refractivity contribution in [2.45, 2.75) is 26.7 Å². The Morgan fingerprint density at radius 2 is 2.18 bits per heavy atom. The third-order valence-electron chi connectivity index (χ3n) is 2.60. The number of aromatic carboxylic acids is 1. The molecule has 0 aromatic carbocycles. The zero-order chi connectivity index (χ0) is 12.4. The van der Waals surface area contributed by atoms with Crippen LogP contribution in [0.5, 0.6) is 0 Å². The van der Waals surface area contributed by atoms with Crippen molar-refractivity contribution in [2.24, 2.45) is 0 Å². The van der Waals surface area contributed by atoms with Crippen LogP contribution in [0.4, 0.5) is 0 Å². The second-order valence-corrected chi connectivity index (χ2v) is 4.63. The molecule has 1 N–H and O–H groups in total. The molecule has 17 heavy (non-hydrogen) atoms. The summed E-state index contributed by atoms with van der Waals surface area (Å²) in [6.07, 6.45) is 1.77. The Kier molecular flexibility index (Phi) is 3.28. The summed E-state index contributed by atoms with van der Waals surface area (Å²) in [4.78, 5) is 11.2. The maximum absolute atomic E-state index is 10.8. The molecule has 2 aromatic rings. The summed E-state index contributed by atoms with van der Waals surface area (Å²) < 4.78 is 1.84. The first kappa shape index (κ1) is 11.9. The van der Waals surface area contributed by atoms with E-state index >= 15 is 0 Å². The highest BCUT2D eigenvalue weighted by molar-refractivity contribution is 7.12. The van der Waals surface area contributed by atoms with Crippen molar-refractivity contribution in [1.82, 2.24) is 9.78 Å². The van der Waals surface area contributed by atoms with Crippen LogP contribution < -0.4 is 0 Å². The third kappa shape index (κ3) is 2.24. The fourth-order valence-electron chi connectivity index (χ4n) is 1.67. The van der Waals surface area contributed by atoms with Crippen molar-refractivity contribution in [2.75, 3.05) is 0 Å². The molecule has 0 radical (unpaired) electrons. The lowest BCUT2D eigenvalue weighted by Gasteiger charge is -2.01. The van der Waals surface area contributed by atoms with Gasteiger partial charge >= 0.3 is 5.97 Å². The van der Waals surface area contributed by atoms with E-state index in [4.69, 9.17) is 5.11 Å². The maximum Gasteiger partial charge on any atom is 0.345 e. The number of carbonyl (C=O) groups is 1. The molecule has 4 nitrogen and oxygen atoms in total. The molecule has 0 fully saturated rings. The lowest BCUT2D eigenvalue weighted by atomic mass is 10.2. The number of nitrogens with zero attached hydrogens (tertiary/aromatic N) is 2. The van der Waals surface area contributed by atoms with E-state index < -0.39 is 5.97 Å². The van der Waals surface area contributed by atoms with E-state index in [2.05, 4.69) is 25.0 Å². The van der Waals surface area contributed by atoms with E-state index in [1.807, 2.05) is 10.1 Å². The van der Waals surface area contributed by atoms with Crippen molar-refractivity contribution in [3.63, 3.8) is 0 Å². The molecule has 0 spiro atoms. The van der Waals surface area contributed by atoms with E-state index in [9.17, 15) is 4.79 Å². The van der Waals surface area contributed by atoms with Gasteiger partial charge in [0.15, 0.2) is 0 Å². The Hall–Kier alpha value is -1.62. The highest BCUT2D eigenvalue weighted by Crippen LogP contribution is 2.20. The monoisotopic (exact) mass is 250 g/mol. The van der Waals surface area contributed by atoms with Crippen LogP contribution in [-0.2, 0) is 12.8 Å². The lowest BCUT2D eigenvalue weighted by Crippen LogP contribution is -2.00.